The van der Waals surface area contributed by atoms with E-state index >= 15 is 0 Å². The van der Waals surface area contributed by atoms with Gasteiger partial charge in [-0.2, -0.15) is 0 Å². The average molecular weight is 424 g/mol. The topological polar surface area (TPSA) is 105 Å². The van der Waals surface area contributed by atoms with Crippen molar-refractivity contribution in [3.8, 4) is 0 Å². The fourth-order valence-corrected chi connectivity index (χ4v) is 3.63. The predicted octanol–water partition coefficient (Wildman–Crippen LogP) is 2.80. The van der Waals surface area contributed by atoms with E-state index in [0.29, 0.717) is 22.2 Å². The van der Waals surface area contributed by atoms with E-state index in [1.807, 2.05) is 23.7 Å². The Morgan fingerprint density at radius 1 is 1.10 bits per heavy atom. The summed E-state index contributed by atoms with van der Waals surface area (Å²) in [6, 6.07) is 12.7. The number of amides is 2. The molecule has 2 aromatic carbocycles. The van der Waals surface area contributed by atoms with Crippen LogP contribution in [-0.2, 0) is 12.8 Å². The predicted molar refractivity (Wildman–Crippen MR) is 110 cm³/mol. The molecule has 2 heterocycles. The molecule has 3 N–H and O–H groups in total. The minimum atomic E-state index is -0.531. The first-order chi connectivity index (χ1) is 14.5. The van der Waals surface area contributed by atoms with Crippen molar-refractivity contribution in [3.05, 3.63) is 77.5 Å². The number of thioether (sulfide) groups is 1. The Kier molecular flexibility index (Phi) is 5.48. The molecule has 0 unspecified atom stereocenters. The number of hydrogen-bond acceptors (Lipinski definition) is 5. The molecule has 152 valence electrons. The van der Waals surface area contributed by atoms with Crippen LogP contribution in [-0.4, -0.2) is 31.6 Å². The van der Waals surface area contributed by atoms with Gasteiger partial charge in [0, 0.05) is 29.3 Å². The van der Waals surface area contributed by atoms with Crippen LogP contribution in [0.15, 0.2) is 60.0 Å². The number of fused-ring (bicyclic) bond motifs is 1. The number of carbonyl (C=O) groups is 2. The fraction of sp³-hybridized carbons (Fsp3) is 0.100. The SMILES string of the molecule is Cn1cnnc1SCc1ccc(C(=O)NNC(=O)c2cc3cc(F)ccc3[nH]2)cc1. The van der Waals surface area contributed by atoms with Crippen LogP contribution >= 0.6 is 11.8 Å². The maximum atomic E-state index is 13.3. The van der Waals surface area contributed by atoms with Crippen molar-refractivity contribution in [1.82, 2.24) is 30.6 Å². The molecule has 30 heavy (non-hydrogen) atoms. The summed E-state index contributed by atoms with van der Waals surface area (Å²) in [7, 11) is 1.87. The molecule has 0 spiro atoms. The first-order valence-corrected chi connectivity index (χ1v) is 9.93. The highest BCUT2D eigenvalue weighted by atomic mass is 32.2. The number of rotatable bonds is 5. The van der Waals surface area contributed by atoms with Gasteiger partial charge in [-0.05, 0) is 42.0 Å². The lowest BCUT2D eigenvalue weighted by Crippen LogP contribution is -2.41. The molecule has 0 aliphatic carbocycles. The molecule has 0 radical (unpaired) electrons. The second kappa shape index (κ2) is 8.37. The van der Waals surface area contributed by atoms with Crippen molar-refractivity contribution in [1.29, 1.82) is 0 Å². The number of H-pyrrole nitrogens is 1. The maximum Gasteiger partial charge on any atom is 0.286 e. The summed E-state index contributed by atoms with van der Waals surface area (Å²) in [6.07, 6.45) is 1.64. The monoisotopic (exact) mass is 424 g/mol. The van der Waals surface area contributed by atoms with E-state index < -0.39 is 11.8 Å². The number of nitrogens with zero attached hydrogens (tertiary/aromatic N) is 3. The quantitative estimate of drug-likeness (QED) is 0.338. The molecule has 0 saturated carbocycles. The van der Waals surface area contributed by atoms with Gasteiger partial charge in [0.2, 0.25) is 0 Å². The lowest BCUT2D eigenvalue weighted by atomic mass is 10.1. The van der Waals surface area contributed by atoms with Crippen LogP contribution < -0.4 is 10.9 Å². The Bertz CT molecular complexity index is 1220. The molecule has 0 bridgehead atoms. The van der Waals surface area contributed by atoms with Crippen LogP contribution in [0.4, 0.5) is 4.39 Å². The van der Waals surface area contributed by atoms with E-state index in [0.717, 1.165) is 10.7 Å². The number of aromatic amines is 1. The average Bonchev–Trinajstić information content (AvgIpc) is 3.36. The number of hydrazine groups is 1. The summed E-state index contributed by atoms with van der Waals surface area (Å²) in [5.74, 6) is -0.679. The summed E-state index contributed by atoms with van der Waals surface area (Å²) in [5, 5.41) is 9.22. The van der Waals surface area contributed by atoms with Crippen LogP contribution in [0.25, 0.3) is 10.9 Å². The number of aromatic nitrogens is 4. The molecule has 0 aliphatic heterocycles. The standard InChI is InChI=1S/C20H17FN6O2S/c1-27-11-22-26-20(27)30-10-12-2-4-13(5-3-12)18(28)24-25-19(29)17-9-14-8-15(21)6-7-16(14)23-17/h2-9,11,23H,10H2,1H3,(H,24,28)(H,25,29). The molecule has 2 aromatic heterocycles. The van der Waals surface area contributed by atoms with Gasteiger partial charge < -0.3 is 9.55 Å². The number of carbonyl (C=O) groups excluding carboxylic acids is 2. The van der Waals surface area contributed by atoms with E-state index in [1.165, 1.54) is 18.2 Å². The van der Waals surface area contributed by atoms with E-state index in [9.17, 15) is 14.0 Å². The minimum Gasteiger partial charge on any atom is -0.350 e. The highest BCUT2D eigenvalue weighted by molar-refractivity contribution is 7.98. The van der Waals surface area contributed by atoms with Crippen molar-refractivity contribution in [2.75, 3.05) is 0 Å². The Morgan fingerprint density at radius 2 is 1.87 bits per heavy atom. The van der Waals surface area contributed by atoms with Gasteiger partial charge in [-0.25, -0.2) is 4.39 Å². The second-order valence-electron chi connectivity index (χ2n) is 6.53. The third-order valence-corrected chi connectivity index (χ3v) is 5.48. The molecule has 0 fully saturated rings. The van der Waals surface area contributed by atoms with Gasteiger partial charge in [-0.1, -0.05) is 23.9 Å². The molecule has 4 rings (SSSR count). The summed E-state index contributed by atoms with van der Waals surface area (Å²) in [4.78, 5) is 27.4. The van der Waals surface area contributed by atoms with E-state index in [-0.39, 0.29) is 11.5 Å². The van der Waals surface area contributed by atoms with E-state index in [1.54, 1.807) is 36.3 Å². The molecule has 4 aromatic rings. The van der Waals surface area contributed by atoms with Gasteiger partial charge in [0.15, 0.2) is 5.16 Å². The molecular weight excluding hydrogens is 407 g/mol. The smallest absolute Gasteiger partial charge is 0.286 e. The third-order valence-electron chi connectivity index (χ3n) is 4.37. The molecule has 0 saturated heterocycles. The van der Waals surface area contributed by atoms with Gasteiger partial charge >= 0.3 is 0 Å². The molecule has 10 heteroatoms. The van der Waals surface area contributed by atoms with E-state index in [2.05, 4.69) is 26.0 Å². The van der Waals surface area contributed by atoms with Crippen molar-refractivity contribution >= 4 is 34.5 Å². The molecule has 2 amide bonds. The Labute approximate surface area is 174 Å². The number of hydrogen-bond donors (Lipinski definition) is 3. The van der Waals surface area contributed by atoms with Crippen LogP contribution in [0.5, 0.6) is 0 Å². The van der Waals surface area contributed by atoms with Gasteiger partial charge in [0.1, 0.15) is 17.8 Å². The summed E-state index contributed by atoms with van der Waals surface area (Å²) in [6.45, 7) is 0. The summed E-state index contributed by atoms with van der Waals surface area (Å²) in [5.41, 5.74) is 7.00. The lowest BCUT2D eigenvalue weighted by Gasteiger charge is -2.07. The fourth-order valence-electron chi connectivity index (χ4n) is 2.78. The van der Waals surface area contributed by atoms with E-state index in [4.69, 9.17) is 0 Å². The Morgan fingerprint density at radius 3 is 2.60 bits per heavy atom. The molecule has 0 atom stereocenters. The number of nitrogens with one attached hydrogen (secondary N) is 3. The van der Waals surface area contributed by atoms with Crippen molar-refractivity contribution < 1.29 is 14.0 Å². The van der Waals surface area contributed by atoms with Gasteiger partial charge in [0.05, 0.1) is 0 Å². The van der Waals surface area contributed by atoms with Crippen molar-refractivity contribution in [3.63, 3.8) is 0 Å². The summed E-state index contributed by atoms with van der Waals surface area (Å²) < 4.78 is 15.1. The Hall–Kier alpha value is -3.66. The molecular formula is C20H17FN6O2S. The summed E-state index contributed by atoms with van der Waals surface area (Å²) >= 11 is 1.54. The second-order valence-corrected chi connectivity index (χ2v) is 7.48. The normalized spacial score (nSPS) is 10.9. The van der Waals surface area contributed by atoms with Crippen LogP contribution in [0.1, 0.15) is 26.4 Å². The van der Waals surface area contributed by atoms with Crippen molar-refractivity contribution in [2.24, 2.45) is 7.05 Å². The first-order valence-electron chi connectivity index (χ1n) is 8.94. The lowest BCUT2D eigenvalue weighted by molar-refractivity contribution is 0.0844. The zero-order chi connectivity index (χ0) is 21.1. The third kappa shape index (κ3) is 4.33. The maximum absolute atomic E-state index is 13.3. The highest BCUT2D eigenvalue weighted by Gasteiger charge is 2.12. The molecule has 8 nitrogen and oxygen atoms in total. The van der Waals surface area contributed by atoms with Crippen LogP contribution in [0.3, 0.4) is 0 Å². The zero-order valence-electron chi connectivity index (χ0n) is 15.8. The number of halogens is 1. The number of aryl methyl sites for hydroxylation is 1. The highest BCUT2D eigenvalue weighted by Crippen LogP contribution is 2.20. The zero-order valence-corrected chi connectivity index (χ0v) is 16.7. The number of benzene rings is 2. The largest absolute Gasteiger partial charge is 0.350 e. The van der Waals surface area contributed by atoms with Gasteiger partial charge in [-0.15, -0.1) is 10.2 Å². The van der Waals surface area contributed by atoms with Gasteiger partial charge in [0.25, 0.3) is 11.8 Å². The van der Waals surface area contributed by atoms with Crippen LogP contribution in [0.2, 0.25) is 0 Å². The Balaban J connectivity index is 1.32. The van der Waals surface area contributed by atoms with Crippen LogP contribution in [0, 0.1) is 5.82 Å². The van der Waals surface area contributed by atoms with Crippen molar-refractivity contribution in [2.45, 2.75) is 10.9 Å². The van der Waals surface area contributed by atoms with Gasteiger partial charge in [-0.3, -0.25) is 20.4 Å². The minimum absolute atomic E-state index is 0.215. The first kappa shape index (κ1) is 19.6. The molecule has 0 aliphatic rings.